The van der Waals surface area contributed by atoms with Gasteiger partial charge in [0.25, 0.3) is 0 Å². The summed E-state index contributed by atoms with van der Waals surface area (Å²) in [5.74, 6) is 1.26. The Kier molecular flexibility index (Phi) is 7.23. The number of nitrogens with zero attached hydrogens (tertiary/aromatic N) is 2. The Bertz CT molecular complexity index is 821. The minimum absolute atomic E-state index is 0.0598. The first-order valence-corrected chi connectivity index (χ1v) is 12.1. The Morgan fingerprint density at radius 2 is 1.72 bits per heavy atom. The number of methoxy groups -OCH3 is 1. The average molecular weight is 444 g/mol. The third-order valence-electron chi connectivity index (χ3n) is 7.51. The van der Waals surface area contributed by atoms with E-state index < -0.39 is 0 Å². The van der Waals surface area contributed by atoms with E-state index in [1.54, 1.807) is 7.11 Å². The second-order valence-electron chi connectivity index (χ2n) is 9.41. The van der Waals surface area contributed by atoms with E-state index in [1.807, 2.05) is 19.1 Å². The lowest BCUT2D eigenvalue weighted by Crippen LogP contribution is -2.44. The highest BCUT2D eigenvalue weighted by atomic mass is 16.6. The number of carbonyl (C=O) groups excluding carboxylic acids is 2. The Morgan fingerprint density at radius 3 is 2.38 bits per heavy atom. The predicted octanol–water partition coefficient (Wildman–Crippen LogP) is 4.38. The van der Waals surface area contributed by atoms with Gasteiger partial charge in [0.15, 0.2) is 0 Å². The first kappa shape index (κ1) is 22.9. The van der Waals surface area contributed by atoms with Gasteiger partial charge in [-0.2, -0.15) is 0 Å². The van der Waals surface area contributed by atoms with E-state index in [1.165, 1.54) is 12.5 Å². The van der Waals surface area contributed by atoms with E-state index in [9.17, 15) is 9.59 Å². The summed E-state index contributed by atoms with van der Waals surface area (Å²) in [5, 5.41) is 2.89. The number of ether oxygens (including phenoxy) is 2. The first-order valence-electron chi connectivity index (χ1n) is 12.1. The van der Waals surface area contributed by atoms with Crippen molar-refractivity contribution < 1.29 is 19.1 Å². The smallest absolute Gasteiger partial charge is 0.410 e. The molecule has 1 aromatic rings. The van der Waals surface area contributed by atoms with Crippen LogP contribution in [0.1, 0.15) is 70.3 Å². The molecule has 2 unspecified atom stereocenters. The third kappa shape index (κ3) is 4.87. The van der Waals surface area contributed by atoms with Gasteiger partial charge < -0.3 is 24.6 Å². The molecule has 1 aromatic carbocycles. The molecule has 3 atom stereocenters. The lowest BCUT2D eigenvalue weighted by atomic mass is 9.86. The number of hydrogen-bond acceptors (Lipinski definition) is 5. The van der Waals surface area contributed by atoms with Crippen molar-refractivity contribution in [3.8, 4) is 5.75 Å². The molecule has 176 valence electrons. The van der Waals surface area contributed by atoms with Crippen molar-refractivity contribution in [3.63, 3.8) is 0 Å². The minimum atomic E-state index is -0.120. The maximum atomic E-state index is 12.5. The van der Waals surface area contributed by atoms with E-state index in [-0.39, 0.29) is 12.0 Å². The fraction of sp³-hybridized carbons (Fsp3) is 0.680. The molecule has 0 saturated carbocycles. The van der Waals surface area contributed by atoms with Crippen LogP contribution in [0, 0.1) is 0 Å². The molecular formula is C25H37N3O4. The summed E-state index contributed by atoms with van der Waals surface area (Å²) in [6, 6.07) is 7.13. The number of hydrogen-bond donors (Lipinski definition) is 1. The Hall–Kier alpha value is -2.28. The number of likely N-dealkylation sites (tertiary alicyclic amines) is 1. The highest BCUT2D eigenvalue weighted by Gasteiger charge is 2.43. The molecule has 0 aromatic heterocycles. The van der Waals surface area contributed by atoms with E-state index in [4.69, 9.17) is 9.47 Å². The normalized spacial score (nSPS) is 26.5. The van der Waals surface area contributed by atoms with Gasteiger partial charge in [-0.25, -0.2) is 4.79 Å². The second kappa shape index (κ2) is 10.1. The van der Waals surface area contributed by atoms with Gasteiger partial charge in [0.1, 0.15) is 5.75 Å². The summed E-state index contributed by atoms with van der Waals surface area (Å²) in [7, 11) is 1.71. The van der Waals surface area contributed by atoms with Crippen molar-refractivity contribution in [2.75, 3.05) is 32.1 Å². The molecule has 3 aliphatic rings. The Balaban J connectivity index is 1.39. The van der Waals surface area contributed by atoms with Gasteiger partial charge in [-0.05, 0) is 94.6 Å². The van der Waals surface area contributed by atoms with E-state index in [0.717, 1.165) is 69.5 Å². The van der Waals surface area contributed by atoms with Crippen molar-refractivity contribution >= 4 is 17.7 Å². The summed E-state index contributed by atoms with van der Waals surface area (Å²) in [6.07, 6.45) is 7.53. The molecule has 32 heavy (non-hydrogen) atoms. The second-order valence-corrected chi connectivity index (χ2v) is 9.41. The predicted molar refractivity (Wildman–Crippen MR) is 124 cm³/mol. The molecule has 3 heterocycles. The van der Waals surface area contributed by atoms with Crippen LogP contribution in [-0.4, -0.2) is 66.7 Å². The van der Waals surface area contributed by atoms with Gasteiger partial charge >= 0.3 is 6.09 Å². The summed E-state index contributed by atoms with van der Waals surface area (Å²) in [5.41, 5.74) is 2.02. The zero-order valence-electron chi connectivity index (χ0n) is 19.6. The van der Waals surface area contributed by atoms with Gasteiger partial charge in [-0.1, -0.05) is 0 Å². The number of nitrogens with one attached hydrogen (secondary N) is 1. The van der Waals surface area contributed by atoms with Crippen LogP contribution < -0.4 is 10.1 Å². The van der Waals surface area contributed by atoms with Gasteiger partial charge in [-0.3, -0.25) is 4.79 Å². The molecule has 4 rings (SSSR count). The van der Waals surface area contributed by atoms with Crippen LogP contribution in [0.15, 0.2) is 18.2 Å². The average Bonchev–Trinajstić information content (AvgIpc) is 3.07. The first-order chi connectivity index (χ1) is 15.5. The van der Waals surface area contributed by atoms with Gasteiger partial charge in [-0.15, -0.1) is 0 Å². The van der Waals surface area contributed by atoms with Crippen molar-refractivity contribution in [1.82, 2.24) is 9.80 Å². The van der Waals surface area contributed by atoms with Crippen LogP contribution in [0.2, 0.25) is 0 Å². The molecule has 0 radical (unpaired) electrons. The number of benzene rings is 1. The molecular weight excluding hydrogens is 406 g/mol. The van der Waals surface area contributed by atoms with Crippen molar-refractivity contribution in [1.29, 1.82) is 0 Å². The van der Waals surface area contributed by atoms with Crippen molar-refractivity contribution in [3.05, 3.63) is 23.8 Å². The van der Waals surface area contributed by atoms with Gasteiger partial charge in [0.05, 0.1) is 13.7 Å². The fourth-order valence-electron chi connectivity index (χ4n) is 6.03. The molecule has 1 N–H and O–H groups in total. The SMILES string of the molecule is CCOC(=O)N1C2CC[C@@H]1CCC(N1CCC(c3cc(NC(C)=O)ccc3OC)CC1)C2. The van der Waals surface area contributed by atoms with Crippen LogP contribution in [-0.2, 0) is 9.53 Å². The van der Waals surface area contributed by atoms with Crippen molar-refractivity contribution in [2.24, 2.45) is 0 Å². The van der Waals surface area contributed by atoms with Crippen LogP contribution in [0.25, 0.3) is 0 Å². The van der Waals surface area contributed by atoms with E-state index in [0.29, 0.717) is 30.7 Å². The van der Waals surface area contributed by atoms with E-state index in [2.05, 4.69) is 21.2 Å². The quantitative estimate of drug-likeness (QED) is 0.732. The van der Waals surface area contributed by atoms with Crippen LogP contribution in [0.4, 0.5) is 10.5 Å². The standard InChI is InChI=1S/C25H37N3O4/c1-4-32-25(30)28-20-6-8-21(16-22(28)9-7-20)27-13-11-18(12-14-27)23-15-19(26-17(2)29)5-10-24(23)31-3/h5,10,15,18,20-22H,4,6-9,11-14,16H2,1-3H3,(H,26,29)/t20-,21?,22?/m0/s1. The monoisotopic (exact) mass is 443 g/mol. The molecule has 2 amide bonds. The highest BCUT2D eigenvalue weighted by molar-refractivity contribution is 5.88. The summed E-state index contributed by atoms with van der Waals surface area (Å²) in [4.78, 5) is 28.7. The molecule has 0 spiro atoms. The van der Waals surface area contributed by atoms with Crippen LogP contribution in [0.5, 0.6) is 5.75 Å². The van der Waals surface area contributed by atoms with Gasteiger partial charge in [0.2, 0.25) is 5.91 Å². The maximum Gasteiger partial charge on any atom is 0.410 e. The molecule has 3 fully saturated rings. The molecule has 0 aliphatic carbocycles. The summed E-state index contributed by atoms with van der Waals surface area (Å²) in [6.45, 7) is 5.97. The number of fused-ring (bicyclic) bond motifs is 2. The fourth-order valence-corrected chi connectivity index (χ4v) is 6.03. The molecule has 3 saturated heterocycles. The molecule has 7 heteroatoms. The lowest BCUT2D eigenvalue weighted by Gasteiger charge is -2.39. The Morgan fingerprint density at radius 1 is 1.03 bits per heavy atom. The largest absolute Gasteiger partial charge is 0.496 e. The van der Waals surface area contributed by atoms with Crippen LogP contribution >= 0.6 is 0 Å². The topological polar surface area (TPSA) is 71.1 Å². The number of amides is 2. The number of anilines is 1. The zero-order valence-corrected chi connectivity index (χ0v) is 19.6. The molecule has 3 aliphatic heterocycles. The maximum absolute atomic E-state index is 12.5. The number of carbonyl (C=O) groups is 2. The number of rotatable bonds is 5. The summed E-state index contributed by atoms with van der Waals surface area (Å²) >= 11 is 0. The minimum Gasteiger partial charge on any atom is -0.496 e. The number of piperidine rings is 1. The van der Waals surface area contributed by atoms with Crippen LogP contribution in [0.3, 0.4) is 0 Å². The lowest BCUT2D eigenvalue weighted by molar-refractivity contribution is -0.114. The summed E-state index contributed by atoms with van der Waals surface area (Å²) < 4.78 is 11.0. The highest BCUT2D eigenvalue weighted by Crippen LogP contribution is 2.40. The van der Waals surface area contributed by atoms with Crippen molar-refractivity contribution in [2.45, 2.75) is 82.8 Å². The van der Waals surface area contributed by atoms with Gasteiger partial charge in [0, 0.05) is 30.7 Å². The third-order valence-corrected chi connectivity index (χ3v) is 7.51. The van der Waals surface area contributed by atoms with E-state index >= 15 is 0 Å². The molecule has 2 bridgehead atoms. The Labute approximate surface area is 191 Å². The zero-order chi connectivity index (χ0) is 22.7. The molecule has 7 nitrogen and oxygen atoms in total.